The van der Waals surface area contributed by atoms with Gasteiger partial charge in [-0.3, -0.25) is 9.48 Å². The van der Waals surface area contributed by atoms with Crippen LogP contribution in [0.3, 0.4) is 0 Å². The van der Waals surface area contributed by atoms with Crippen molar-refractivity contribution < 1.29 is 9.90 Å². The van der Waals surface area contributed by atoms with Gasteiger partial charge in [-0.1, -0.05) is 0 Å². The lowest BCUT2D eigenvalue weighted by Gasteiger charge is -2.30. The van der Waals surface area contributed by atoms with Crippen molar-refractivity contribution in [1.29, 1.82) is 0 Å². The van der Waals surface area contributed by atoms with E-state index in [1.807, 2.05) is 19.9 Å². The van der Waals surface area contributed by atoms with Gasteiger partial charge in [0.25, 0.3) is 0 Å². The fourth-order valence-corrected chi connectivity index (χ4v) is 2.24. The number of piperidine rings is 1. The molecule has 94 valence electrons. The highest BCUT2D eigenvalue weighted by molar-refractivity contribution is 5.76. The van der Waals surface area contributed by atoms with Crippen LogP contribution < -0.4 is 0 Å². The standard InChI is InChI=1S/C12H19N3O2/c1-9-6-10(2)15(13-9)8-12(17)14-5-3-4-11(16)7-14/h6,11,16H,3-5,7-8H2,1-2H3. The largest absolute Gasteiger partial charge is 0.391 e. The molecule has 0 aromatic carbocycles. The molecule has 5 nitrogen and oxygen atoms in total. The Morgan fingerprint density at radius 3 is 2.94 bits per heavy atom. The van der Waals surface area contributed by atoms with Crippen LogP contribution in [0.2, 0.25) is 0 Å². The van der Waals surface area contributed by atoms with Crippen LogP contribution in [0.15, 0.2) is 6.07 Å². The van der Waals surface area contributed by atoms with Gasteiger partial charge in [-0.2, -0.15) is 5.10 Å². The summed E-state index contributed by atoms with van der Waals surface area (Å²) in [7, 11) is 0. The van der Waals surface area contributed by atoms with Gasteiger partial charge in [0.15, 0.2) is 0 Å². The predicted molar refractivity (Wildman–Crippen MR) is 63.5 cm³/mol. The summed E-state index contributed by atoms with van der Waals surface area (Å²) in [5, 5.41) is 13.8. The van der Waals surface area contributed by atoms with Crippen molar-refractivity contribution in [2.75, 3.05) is 13.1 Å². The molecule has 0 spiro atoms. The second-order valence-corrected chi connectivity index (χ2v) is 4.72. The Balaban J connectivity index is 1.99. The minimum Gasteiger partial charge on any atom is -0.391 e. The van der Waals surface area contributed by atoms with E-state index in [9.17, 15) is 9.90 Å². The molecule has 2 rings (SSSR count). The number of aliphatic hydroxyl groups excluding tert-OH is 1. The van der Waals surface area contributed by atoms with E-state index in [4.69, 9.17) is 0 Å². The lowest BCUT2D eigenvalue weighted by molar-refractivity contribution is -0.135. The van der Waals surface area contributed by atoms with Crippen molar-refractivity contribution in [3.63, 3.8) is 0 Å². The minimum absolute atomic E-state index is 0.0370. The Bertz CT molecular complexity index is 414. The lowest BCUT2D eigenvalue weighted by Crippen LogP contribution is -2.43. The molecule has 1 aromatic heterocycles. The van der Waals surface area contributed by atoms with Gasteiger partial charge in [0.1, 0.15) is 6.54 Å². The molecular formula is C12H19N3O2. The van der Waals surface area contributed by atoms with Gasteiger partial charge in [0, 0.05) is 18.8 Å². The van der Waals surface area contributed by atoms with E-state index in [0.717, 1.165) is 30.8 Å². The summed E-state index contributed by atoms with van der Waals surface area (Å²) in [5.41, 5.74) is 1.92. The number of aromatic nitrogens is 2. The molecule has 2 heterocycles. The highest BCUT2D eigenvalue weighted by Crippen LogP contribution is 2.11. The number of hydrogen-bond acceptors (Lipinski definition) is 3. The number of rotatable bonds is 2. The van der Waals surface area contributed by atoms with E-state index in [1.54, 1.807) is 9.58 Å². The zero-order valence-corrected chi connectivity index (χ0v) is 10.4. The van der Waals surface area contributed by atoms with E-state index >= 15 is 0 Å². The summed E-state index contributed by atoms with van der Waals surface area (Å²) in [6.07, 6.45) is 1.31. The fourth-order valence-electron chi connectivity index (χ4n) is 2.24. The zero-order valence-electron chi connectivity index (χ0n) is 10.4. The van der Waals surface area contributed by atoms with Crippen LogP contribution in [0.1, 0.15) is 24.2 Å². The first-order valence-electron chi connectivity index (χ1n) is 6.03. The molecule has 1 amide bonds. The van der Waals surface area contributed by atoms with Crippen molar-refractivity contribution >= 4 is 5.91 Å². The number of β-amino-alcohol motifs (C(OH)–C–C–N with tert-alkyl or cyclic N) is 1. The summed E-state index contributed by atoms with van der Waals surface area (Å²) < 4.78 is 1.72. The van der Waals surface area contributed by atoms with Crippen LogP contribution in [0, 0.1) is 13.8 Å². The minimum atomic E-state index is -0.367. The number of likely N-dealkylation sites (tertiary alicyclic amines) is 1. The van der Waals surface area contributed by atoms with Crippen LogP contribution in [0.25, 0.3) is 0 Å². The molecule has 17 heavy (non-hydrogen) atoms. The number of hydrogen-bond donors (Lipinski definition) is 1. The van der Waals surface area contributed by atoms with E-state index in [0.29, 0.717) is 6.54 Å². The van der Waals surface area contributed by atoms with Crippen LogP contribution in [0.4, 0.5) is 0 Å². The van der Waals surface area contributed by atoms with Gasteiger partial charge in [-0.15, -0.1) is 0 Å². The van der Waals surface area contributed by atoms with Crippen molar-refractivity contribution in [3.05, 3.63) is 17.5 Å². The zero-order chi connectivity index (χ0) is 12.4. The molecule has 1 unspecified atom stereocenters. The molecule has 1 aromatic rings. The van der Waals surface area contributed by atoms with Gasteiger partial charge >= 0.3 is 0 Å². The van der Waals surface area contributed by atoms with Crippen LogP contribution in [-0.4, -0.2) is 44.9 Å². The third kappa shape index (κ3) is 2.85. The van der Waals surface area contributed by atoms with E-state index in [2.05, 4.69) is 5.10 Å². The van der Waals surface area contributed by atoms with Crippen LogP contribution in [0.5, 0.6) is 0 Å². The maximum Gasteiger partial charge on any atom is 0.244 e. The monoisotopic (exact) mass is 237 g/mol. The SMILES string of the molecule is Cc1cc(C)n(CC(=O)N2CCCC(O)C2)n1. The molecule has 1 aliphatic rings. The summed E-state index contributed by atoms with van der Waals surface area (Å²) in [4.78, 5) is 13.8. The Hall–Kier alpha value is -1.36. The third-order valence-corrected chi connectivity index (χ3v) is 3.14. The Labute approximate surface area is 101 Å². The first kappa shape index (κ1) is 12.1. The molecule has 0 bridgehead atoms. The van der Waals surface area contributed by atoms with E-state index < -0.39 is 0 Å². The van der Waals surface area contributed by atoms with E-state index in [-0.39, 0.29) is 18.6 Å². The molecule has 5 heteroatoms. The summed E-state index contributed by atoms with van der Waals surface area (Å²) in [6.45, 7) is 5.33. The van der Waals surface area contributed by atoms with Crippen molar-refractivity contribution in [2.24, 2.45) is 0 Å². The first-order valence-corrected chi connectivity index (χ1v) is 6.03. The smallest absolute Gasteiger partial charge is 0.244 e. The molecule has 0 radical (unpaired) electrons. The summed E-state index contributed by atoms with van der Waals surface area (Å²) >= 11 is 0. The van der Waals surface area contributed by atoms with E-state index in [1.165, 1.54) is 0 Å². The van der Waals surface area contributed by atoms with Crippen molar-refractivity contribution in [2.45, 2.75) is 39.3 Å². The van der Waals surface area contributed by atoms with Crippen molar-refractivity contribution in [1.82, 2.24) is 14.7 Å². The number of aryl methyl sites for hydroxylation is 2. The van der Waals surface area contributed by atoms with Gasteiger partial charge in [0.05, 0.1) is 11.8 Å². The molecule has 1 atom stereocenters. The fraction of sp³-hybridized carbons (Fsp3) is 0.667. The third-order valence-electron chi connectivity index (χ3n) is 3.14. The maximum atomic E-state index is 12.0. The maximum absolute atomic E-state index is 12.0. The highest BCUT2D eigenvalue weighted by Gasteiger charge is 2.22. The number of carbonyl (C=O) groups excluding carboxylic acids is 1. The average molecular weight is 237 g/mol. The molecule has 0 saturated carbocycles. The number of aliphatic hydroxyl groups is 1. The van der Waals surface area contributed by atoms with Crippen LogP contribution in [-0.2, 0) is 11.3 Å². The van der Waals surface area contributed by atoms with Gasteiger partial charge in [-0.05, 0) is 32.8 Å². The second kappa shape index (κ2) is 4.87. The normalized spacial score (nSPS) is 20.6. The van der Waals surface area contributed by atoms with Crippen molar-refractivity contribution in [3.8, 4) is 0 Å². The quantitative estimate of drug-likeness (QED) is 0.814. The van der Waals surface area contributed by atoms with Gasteiger partial charge < -0.3 is 10.0 Å². The van der Waals surface area contributed by atoms with Gasteiger partial charge in [-0.25, -0.2) is 0 Å². The molecular weight excluding hydrogens is 218 g/mol. The highest BCUT2D eigenvalue weighted by atomic mass is 16.3. The number of carbonyl (C=O) groups is 1. The molecule has 1 aliphatic heterocycles. The average Bonchev–Trinajstić information content (AvgIpc) is 2.57. The summed E-state index contributed by atoms with van der Waals surface area (Å²) in [5.74, 6) is 0.0370. The molecule has 0 aliphatic carbocycles. The van der Waals surface area contributed by atoms with Crippen LogP contribution >= 0.6 is 0 Å². The number of nitrogens with zero attached hydrogens (tertiary/aromatic N) is 3. The predicted octanol–water partition coefficient (Wildman–Crippen LogP) is 0.483. The summed E-state index contributed by atoms with van der Waals surface area (Å²) in [6, 6.07) is 1.96. The van der Waals surface area contributed by atoms with Gasteiger partial charge in [0.2, 0.25) is 5.91 Å². The second-order valence-electron chi connectivity index (χ2n) is 4.72. The lowest BCUT2D eigenvalue weighted by atomic mass is 10.1. The Morgan fingerprint density at radius 1 is 1.59 bits per heavy atom. The number of amides is 1. The molecule has 1 fully saturated rings. The topological polar surface area (TPSA) is 58.4 Å². The Kier molecular flexibility index (Phi) is 3.47. The first-order chi connectivity index (χ1) is 8.06. The molecule has 1 saturated heterocycles. The Morgan fingerprint density at radius 2 is 2.35 bits per heavy atom. The molecule has 1 N–H and O–H groups in total.